The minimum absolute atomic E-state index is 0.0409. The highest BCUT2D eigenvalue weighted by Crippen LogP contribution is 2.35. The zero-order valence-electron chi connectivity index (χ0n) is 35.9. The largest absolute Gasteiger partial charge is 0.507 e. The maximum Gasteiger partial charge on any atom is 0.254 e. The molecule has 332 valence electrons. The van der Waals surface area contributed by atoms with Gasteiger partial charge in [0.2, 0.25) is 11.8 Å². The van der Waals surface area contributed by atoms with Crippen molar-refractivity contribution in [1.29, 1.82) is 0 Å². The molecular formula is C45H54N10O7S. The third kappa shape index (κ3) is 9.68. The van der Waals surface area contributed by atoms with E-state index in [1.54, 1.807) is 35.6 Å². The number of aliphatic hydroxyl groups excluding tert-OH is 1. The van der Waals surface area contributed by atoms with Crippen molar-refractivity contribution < 1.29 is 33.8 Å². The quantitative estimate of drug-likeness (QED) is 0.0882. The van der Waals surface area contributed by atoms with Crippen molar-refractivity contribution in [2.75, 3.05) is 51.7 Å². The normalized spacial score (nSPS) is 18.3. The molecule has 2 aliphatic heterocycles. The first-order valence-corrected chi connectivity index (χ1v) is 22.3. The zero-order chi connectivity index (χ0) is 44.2. The number of phenols is 1. The molecule has 0 spiro atoms. The fourth-order valence-electron chi connectivity index (χ4n) is 8.55. The summed E-state index contributed by atoms with van der Waals surface area (Å²) in [4.78, 5) is 37.0. The number of nitrogens with zero attached hydrogens (tertiary/aromatic N) is 8. The number of carbonyl (C=O) groups excluding carboxylic acids is 2. The molecule has 2 saturated heterocycles. The number of hydrogen-bond donors (Lipinski definition) is 4. The number of thiazole rings is 1. The minimum atomic E-state index is -0.838. The van der Waals surface area contributed by atoms with Crippen LogP contribution in [0.1, 0.15) is 75.1 Å². The van der Waals surface area contributed by atoms with E-state index < -0.39 is 18.1 Å². The van der Waals surface area contributed by atoms with E-state index in [2.05, 4.69) is 35.7 Å². The summed E-state index contributed by atoms with van der Waals surface area (Å²) in [7, 11) is 0. The Bertz CT molecular complexity index is 2510. The van der Waals surface area contributed by atoms with Crippen molar-refractivity contribution in [2.45, 2.75) is 77.1 Å². The van der Waals surface area contributed by atoms with Crippen LogP contribution in [0, 0.1) is 12.8 Å². The highest BCUT2D eigenvalue weighted by Gasteiger charge is 2.43. The first-order chi connectivity index (χ1) is 30.4. The van der Waals surface area contributed by atoms with Crippen LogP contribution >= 0.6 is 11.3 Å². The Labute approximate surface area is 369 Å². The molecule has 63 heavy (non-hydrogen) atoms. The van der Waals surface area contributed by atoms with Crippen molar-refractivity contribution in [1.82, 2.24) is 45.2 Å². The number of carbonyl (C=O) groups is 2. The van der Waals surface area contributed by atoms with E-state index >= 15 is 0 Å². The van der Waals surface area contributed by atoms with Crippen molar-refractivity contribution >= 4 is 40.0 Å². The first-order valence-electron chi connectivity index (χ1n) is 21.4. The van der Waals surface area contributed by atoms with Gasteiger partial charge in [0.1, 0.15) is 24.3 Å². The lowest BCUT2D eigenvalue weighted by molar-refractivity contribution is -0.141. The number of phenolic OH excluding ortho intramolecular Hbond substituents is 1. The van der Waals surface area contributed by atoms with Gasteiger partial charge in [-0.25, -0.2) is 4.98 Å². The molecule has 0 aliphatic carbocycles. The third-order valence-corrected chi connectivity index (χ3v) is 13.0. The smallest absolute Gasteiger partial charge is 0.254 e. The number of para-hydroxylation sites is 1. The van der Waals surface area contributed by atoms with E-state index in [9.17, 15) is 19.8 Å². The van der Waals surface area contributed by atoms with Crippen LogP contribution in [0.4, 0.5) is 5.82 Å². The summed E-state index contributed by atoms with van der Waals surface area (Å²) < 4.78 is 19.3. The van der Waals surface area contributed by atoms with E-state index in [0.717, 1.165) is 59.7 Å². The Kier molecular flexibility index (Phi) is 13.3. The minimum Gasteiger partial charge on any atom is -0.507 e. The molecule has 0 saturated carbocycles. The van der Waals surface area contributed by atoms with Crippen LogP contribution in [0.2, 0.25) is 0 Å². The number of aromatic nitrogens is 6. The molecule has 8 rings (SSSR count). The van der Waals surface area contributed by atoms with Crippen LogP contribution in [0.5, 0.6) is 11.6 Å². The molecule has 2 amide bonds. The molecule has 1 unspecified atom stereocenters. The molecule has 18 heteroatoms. The molecule has 2 aliphatic rings. The molecule has 6 heterocycles. The number of nitrogens with one attached hydrogen (secondary N) is 1. The number of benzene rings is 2. The second-order valence-corrected chi connectivity index (χ2v) is 17.5. The Morgan fingerprint density at radius 3 is 2.54 bits per heavy atom. The van der Waals surface area contributed by atoms with Crippen LogP contribution in [-0.2, 0) is 14.3 Å². The molecule has 5 N–H and O–H groups in total. The number of likely N-dealkylation sites (tertiary alicyclic amines) is 2. The zero-order valence-corrected chi connectivity index (χ0v) is 36.7. The SMILES string of the molecule is Cc1ncsc1-c1ccc([C@H](C)NC(=O)[C@@H]2C[C@@H](O)CN2C(=O)C(c2cc(OCCOCCN3CCC(n4nc(N)c5nnc(-c6ccccc6O)cc54)CC3)no2)C(C)C)cc1. The Hall–Kier alpha value is -5.95. The third-order valence-electron chi connectivity index (χ3n) is 12.0. The first kappa shape index (κ1) is 43.7. The number of rotatable bonds is 16. The molecule has 4 atom stereocenters. The van der Waals surface area contributed by atoms with Crippen LogP contribution in [0.15, 0.2) is 70.7 Å². The predicted octanol–water partition coefficient (Wildman–Crippen LogP) is 5.51. The van der Waals surface area contributed by atoms with E-state index in [0.29, 0.717) is 41.6 Å². The number of β-amino-alcohol motifs (C(OH)–C–C–N with tert-alkyl or cyclic N) is 1. The molecule has 6 aromatic rings. The lowest BCUT2D eigenvalue weighted by Gasteiger charge is -2.32. The molecular weight excluding hydrogens is 825 g/mol. The lowest BCUT2D eigenvalue weighted by atomic mass is 9.91. The number of amides is 2. The summed E-state index contributed by atoms with van der Waals surface area (Å²) in [5, 5.41) is 41.4. The summed E-state index contributed by atoms with van der Waals surface area (Å²) >= 11 is 1.59. The van der Waals surface area contributed by atoms with Gasteiger partial charge >= 0.3 is 0 Å². The van der Waals surface area contributed by atoms with E-state index in [4.69, 9.17) is 19.7 Å². The number of aromatic hydroxyl groups is 1. The summed E-state index contributed by atoms with van der Waals surface area (Å²) in [6, 6.07) is 17.5. The average molecular weight is 879 g/mol. The molecule has 2 fully saturated rings. The summed E-state index contributed by atoms with van der Waals surface area (Å²) in [6.07, 6.45) is 1.05. The van der Waals surface area contributed by atoms with Crippen LogP contribution < -0.4 is 15.8 Å². The van der Waals surface area contributed by atoms with Gasteiger partial charge in [-0.1, -0.05) is 50.2 Å². The lowest BCUT2D eigenvalue weighted by Crippen LogP contribution is -2.48. The number of hydrogen-bond acceptors (Lipinski definition) is 15. The van der Waals surface area contributed by atoms with Gasteiger partial charge < -0.3 is 45.1 Å². The van der Waals surface area contributed by atoms with E-state index in [1.807, 2.05) is 74.3 Å². The van der Waals surface area contributed by atoms with Crippen LogP contribution in [0.25, 0.3) is 32.7 Å². The Balaban J connectivity index is 0.784. The molecule has 0 bridgehead atoms. The Morgan fingerprint density at radius 2 is 1.81 bits per heavy atom. The number of nitrogen functional groups attached to an aromatic ring is 1. The van der Waals surface area contributed by atoms with Crippen molar-refractivity contribution in [2.24, 2.45) is 5.92 Å². The monoisotopic (exact) mass is 878 g/mol. The summed E-state index contributed by atoms with van der Waals surface area (Å²) in [5.74, 6) is -0.544. The van der Waals surface area contributed by atoms with Crippen LogP contribution in [0.3, 0.4) is 0 Å². The number of ether oxygens (including phenoxy) is 2. The summed E-state index contributed by atoms with van der Waals surface area (Å²) in [5.41, 5.74) is 13.5. The van der Waals surface area contributed by atoms with Gasteiger partial charge in [0.05, 0.1) is 58.7 Å². The highest BCUT2D eigenvalue weighted by molar-refractivity contribution is 7.13. The Morgan fingerprint density at radius 1 is 1.03 bits per heavy atom. The number of aliphatic hydroxyl groups is 1. The fraction of sp³-hybridized carbons (Fsp3) is 0.444. The van der Waals surface area contributed by atoms with Gasteiger partial charge in [-0.2, -0.15) is 5.10 Å². The number of fused-ring (bicyclic) bond motifs is 1. The van der Waals surface area contributed by atoms with Gasteiger partial charge in [0, 0.05) is 44.2 Å². The highest BCUT2D eigenvalue weighted by atomic mass is 32.1. The fourth-order valence-corrected chi connectivity index (χ4v) is 9.36. The van der Waals surface area contributed by atoms with Crippen molar-refractivity contribution in [3.05, 3.63) is 83.2 Å². The van der Waals surface area contributed by atoms with E-state index in [-0.39, 0.29) is 61.0 Å². The number of nitrogens with two attached hydrogens (primary N) is 1. The van der Waals surface area contributed by atoms with Crippen molar-refractivity contribution in [3.8, 4) is 33.3 Å². The average Bonchev–Trinajstić information content (AvgIpc) is 4.09. The maximum absolute atomic E-state index is 14.1. The predicted molar refractivity (Wildman–Crippen MR) is 237 cm³/mol. The molecule has 4 aromatic heterocycles. The van der Waals surface area contributed by atoms with Gasteiger partial charge in [-0.3, -0.25) is 14.3 Å². The molecule has 17 nitrogen and oxygen atoms in total. The van der Waals surface area contributed by atoms with Gasteiger partial charge in [-0.05, 0) is 67.1 Å². The second kappa shape index (κ2) is 19.2. The van der Waals surface area contributed by atoms with Gasteiger partial charge in [-0.15, -0.1) is 21.5 Å². The van der Waals surface area contributed by atoms with E-state index in [1.165, 1.54) is 4.90 Å². The standard InChI is InChI=1S/C45H54N10O7S/c1-26(2)40(45(59)54-24-32(56)21-36(54)44(58)48-27(3)29-9-11-30(12-10-29)42-28(4)47-25-63-42)38-23-39(52-62-38)61-20-19-60-18-17-53-15-13-31(14-16-53)55-35-22-34(33-7-5-6-8-37(33)57)49-50-41(35)43(46)51-55/h5-12,22-23,25-27,31-32,36,40,56-57H,13-21,24H2,1-4H3,(H2,46,51)(H,48,58)/t27-,32+,36-,40?/m0/s1. The number of piperidine rings is 1. The number of anilines is 1. The molecule has 2 aromatic carbocycles. The van der Waals surface area contributed by atoms with Gasteiger partial charge in [0.15, 0.2) is 17.1 Å². The summed E-state index contributed by atoms with van der Waals surface area (Å²) in [6.45, 7) is 11.3. The van der Waals surface area contributed by atoms with Crippen LogP contribution in [-0.4, -0.2) is 120 Å². The topological polar surface area (TPSA) is 220 Å². The number of aryl methyl sites for hydroxylation is 1. The second-order valence-electron chi connectivity index (χ2n) is 16.6. The molecule has 0 radical (unpaired) electrons. The van der Waals surface area contributed by atoms with Gasteiger partial charge in [0.25, 0.3) is 5.88 Å². The maximum atomic E-state index is 14.1. The van der Waals surface area contributed by atoms with Crippen molar-refractivity contribution in [3.63, 3.8) is 0 Å².